The quantitative estimate of drug-likeness (QED) is 0.823. The highest BCUT2D eigenvalue weighted by Gasteiger charge is 2.26. The number of hydrogen-bond acceptors (Lipinski definition) is 5. The Kier molecular flexibility index (Phi) is 3.11. The van der Waals surface area contributed by atoms with Gasteiger partial charge >= 0.3 is 0 Å². The molecule has 2 aromatic rings. The molecule has 0 radical (unpaired) electrons. The van der Waals surface area contributed by atoms with E-state index in [-0.39, 0.29) is 0 Å². The van der Waals surface area contributed by atoms with Crippen LogP contribution in [0, 0.1) is 11.3 Å². The lowest BCUT2D eigenvalue weighted by Crippen LogP contribution is -2.33. The third-order valence-corrected chi connectivity index (χ3v) is 3.42. The van der Waals surface area contributed by atoms with Crippen molar-refractivity contribution < 1.29 is 0 Å². The van der Waals surface area contributed by atoms with Gasteiger partial charge in [-0.2, -0.15) is 5.26 Å². The highest BCUT2D eigenvalue weighted by atomic mass is 15.3. The van der Waals surface area contributed by atoms with Crippen LogP contribution >= 0.6 is 0 Å². The molecule has 0 aliphatic carbocycles. The number of imidazole rings is 1. The average molecular weight is 254 g/mol. The molecule has 1 saturated heterocycles. The topological polar surface area (TPSA) is 70.6 Å². The van der Waals surface area contributed by atoms with Crippen molar-refractivity contribution in [3.8, 4) is 6.07 Å². The van der Waals surface area contributed by atoms with Crippen molar-refractivity contribution in [2.75, 3.05) is 11.4 Å². The Bertz CT molecular complexity index is 568. The predicted octanol–water partition coefficient (Wildman–Crippen LogP) is 1.21. The van der Waals surface area contributed by atoms with E-state index in [0.29, 0.717) is 11.7 Å². The molecule has 2 aromatic heterocycles. The van der Waals surface area contributed by atoms with Gasteiger partial charge in [0, 0.05) is 31.5 Å². The maximum atomic E-state index is 8.74. The fourth-order valence-electron chi connectivity index (χ4n) is 2.50. The molecule has 0 spiro atoms. The van der Waals surface area contributed by atoms with E-state index in [4.69, 9.17) is 5.26 Å². The van der Waals surface area contributed by atoms with Gasteiger partial charge < -0.3 is 9.47 Å². The summed E-state index contributed by atoms with van der Waals surface area (Å²) in [6, 6.07) is 5.99. The van der Waals surface area contributed by atoms with Gasteiger partial charge in [-0.15, -0.1) is 10.2 Å². The lowest BCUT2D eigenvalue weighted by Gasteiger charge is -2.25. The van der Waals surface area contributed by atoms with Crippen LogP contribution in [0.2, 0.25) is 0 Å². The summed E-state index contributed by atoms with van der Waals surface area (Å²) in [6.45, 7) is 1.89. The smallest absolute Gasteiger partial charge is 0.163 e. The van der Waals surface area contributed by atoms with Crippen LogP contribution < -0.4 is 4.90 Å². The fourth-order valence-corrected chi connectivity index (χ4v) is 2.50. The van der Waals surface area contributed by atoms with Crippen molar-refractivity contribution in [3.05, 3.63) is 36.5 Å². The molecule has 0 N–H and O–H groups in total. The largest absolute Gasteiger partial charge is 0.350 e. The summed E-state index contributed by atoms with van der Waals surface area (Å²) in [5.74, 6) is 0.849. The van der Waals surface area contributed by atoms with E-state index in [1.165, 1.54) is 0 Å². The summed E-state index contributed by atoms with van der Waals surface area (Å²) in [7, 11) is 0. The highest BCUT2D eigenvalue weighted by molar-refractivity contribution is 5.41. The molecule has 6 heteroatoms. The monoisotopic (exact) mass is 254 g/mol. The van der Waals surface area contributed by atoms with E-state index < -0.39 is 0 Å². The minimum Gasteiger partial charge on any atom is -0.350 e. The van der Waals surface area contributed by atoms with Gasteiger partial charge in [-0.05, 0) is 25.0 Å². The van der Waals surface area contributed by atoms with Gasteiger partial charge in [0.15, 0.2) is 11.5 Å². The Hall–Kier alpha value is -2.42. The Morgan fingerprint density at radius 1 is 1.37 bits per heavy atom. The van der Waals surface area contributed by atoms with E-state index in [9.17, 15) is 0 Å². The molecule has 1 aliphatic rings. The van der Waals surface area contributed by atoms with E-state index in [1.807, 2.05) is 24.7 Å². The van der Waals surface area contributed by atoms with E-state index in [0.717, 1.165) is 31.7 Å². The number of hydrogen-bond donors (Lipinski definition) is 0. The second kappa shape index (κ2) is 5.06. The Morgan fingerprint density at radius 3 is 3.00 bits per heavy atom. The molecule has 3 rings (SSSR count). The second-order valence-corrected chi connectivity index (χ2v) is 4.64. The zero-order valence-corrected chi connectivity index (χ0v) is 10.5. The van der Waals surface area contributed by atoms with Crippen molar-refractivity contribution in [3.63, 3.8) is 0 Å². The average Bonchev–Trinajstić information content (AvgIpc) is 3.11. The molecule has 1 atom stereocenters. The molecule has 1 aliphatic heterocycles. The molecule has 1 unspecified atom stereocenters. The maximum Gasteiger partial charge on any atom is 0.163 e. The van der Waals surface area contributed by atoms with Gasteiger partial charge in [0.05, 0.1) is 6.33 Å². The lowest BCUT2D eigenvalue weighted by molar-refractivity contribution is 0.546. The molecule has 0 amide bonds. The van der Waals surface area contributed by atoms with E-state index >= 15 is 0 Å². The maximum absolute atomic E-state index is 8.74. The molecule has 6 nitrogen and oxygen atoms in total. The Labute approximate surface area is 111 Å². The predicted molar refractivity (Wildman–Crippen MR) is 69.3 cm³/mol. The van der Waals surface area contributed by atoms with Crippen LogP contribution in [-0.2, 0) is 6.54 Å². The van der Waals surface area contributed by atoms with Gasteiger partial charge in [0.25, 0.3) is 0 Å². The zero-order valence-electron chi connectivity index (χ0n) is 10.5. The number of rotatable bonds is 3. The fraction of sp³-hybridized carbons (Fsp3) is 0.385. The molecule has 0 bridgehead atoms. The summed E-state index contributed by atoms with van der Waals surface area (Å²) in [5, 5.41) is 16.8. The molecule has 0 aromatic carbocycles. The Morgan fingerprint density at radius 2 is 2.32 bits per heavy atom. The van der Waals surface area contributed by atoms with Gasteiger partial charge in [0.1, 0.15) is 6.07 Å². The van der Waals surface area contributed by atoms with Crippen LogP contribution in [0.1, 0.15) is 18.5 Å². The number of nitriles is 1. The Balaban J connectivity index is 1.76. The van der Waals surface area contributed by atoms with E-state index in [2.05, 4.69) is 24.6 Å². The van der Waals surface area contributed by atoms with Gasteiger partial charge in [0.2, 0.25) is 0 Å². The number of aromatic nitrogens is 4. The van der Waals surface area contributed by atoms with Gasteiger partial charge in [-0.1, -0.05) is 0 Å². The molecular weight excluding hydrogens is 240 g/mol. The number of nitrogens with zero attached hydrogens (tertiary/aromatic N) is 6. The van der Waals surface area contributed by atoms with Crippen LogP contribution in [0.4, 0.5) is 5.82 Å². The molecule has 19 heavy (non-hydrogen) atoms. The standard InChI is InChI=1S/C13H14N6/c14-8-11-3-4-13(17-16-11)19-6-1-2-12(19)9-18-7-5-15-10-18/h3-5,7,10,12H,1-2,6,9H2. The first-order valence-electron chi connectivity index (χ1n) is 6.33. The highest BCUT2D eigenvalue weighted by Crippen LogP contribution is 2.24. The van der Waals surface area contributed by atoms with Crippen molar-refractivity contribution in [1.29, 1.82) is 5.26 Å². The van der Waals surface area contributed by atoms with Crippen LogP contribution in [0.3, 0.4) is 0 Å². The summed E-state index contributed by atoms with van der Waals surface area (Å²) in [6.07, 6.45) is 7.89. The second-order valence-electron chi connectivity index (χ2n) is 4.64. The van der Waals surface area contributed by atoms with Gasteiger partial charge in [-0.25, -0.2) is 4.98 Å². The third kappa shape index (κ3) is 2.40. The van der Waals surface area contributed by atoms with E-state index in [1.54, 1.807) is 12.3 Å². The number of anilines is 1. The van der Waals surface area contributed by atoms with Crippen LogP contribution in [-0.4, -0.2) is 32.3 Å². The first kappa shape index (κ1) is 11.7. The summed E-state index contributed by atoms with van der Waals surface area (Å²) in [4.78, 5) is 6.32. The molecule has 1 fully saturated rings. The lowest BCUT2D eigenvalue weighted by atomic mass is 10.2. The summed E-state index contributed by atoms with van der Waals surface area (Å²) < 4.78 is 2.08. The molecule has 0 saturated carbocycles. The van der Waals surface area contributed by atoms with Crippen LogP contribution in [0.15, 0.2) is 30.9 Å². The van der Waals surface area contributed by atoms with Crippen molar-refractivity contribution >= 4 is 5.82 Å². The molecule has 96 valence electrons. The van der Waals surface area contributed by atoms with Crippen LogP contribution in [0.25, 0.3) is 0 Å². The van der Waals surface area contributed by atoms with Crippen molar-refractivity contribution in [2.45, 2.75) is 25.4 Å². The SMILES string of the molecule is N#Cc1ccc(N2CCCC2Cn2ccnc2)nn1. The first-order chi connectivity index (χ1) is 9.36. The summed E-state index contributed by atoms with van der Waals surface area (Å²) in [5.41, 5.74) is 0.356. The minimum atomic E-state index is 0.356. The molecule has 3 heterocycles. The van der Waals surface area contributed by atoms with Gasteiger partial charge in [-0.3, -0.25) is 0 Å². The summed E-state index contributed by atoms with van der Waals surface area (Å²) >= 11 is 0. The zero-order chi connectivity index (χ0) is 13.1. The normalized spacial score (nSPS) is 18.5. The minimum absolute atomic E-state index is 0.356. The third-order valence-electron chi connectivity index (χ3n) is 3.42. The molecular formula is C13H14N6. The van der Waals surface area contributed by atoms with Crippen molar-refractivity contribution in [2.24, 2.45) is 0 Å². The first-order valence-corrected chi connectivity index (χ1v) is 6.33. The van der Waals surface area contributed by atoms with Crippen molar-refractivity contribution in [1.82, 2.24) is 19.7 Å². The van der Waals surface area contributed by atoms with Crippen LogP contribution in [0.5, 0.6) is 0 Å².